The summed E-state index contributed by atoms with van der Waals surface area (Å²) in [6.45, 7) is 1.76. The Balaban J connectivity index is 2.00. The highest BCUT2D eigenvalue weighted by atomic mass is 32.2. The van der Waals surface area contributed by atoms with E-state index in [9.17, 15) is 22.8 Å². The lowest BCUT2D eigenvalue weighted by Gasteiger charge is -2.15. The molecular formula is C16H16F3NO5S. The summed E-state index contributed by atoms with van der Waals surface area (Å²) in [6.07, 6.45) is -4.78. The highest BCUT2D eigenvalue weighted by molar-refractivity contribution is 7.99. The average molecular weight is 391 g/mol. The smallest absolute Gasteiger partial charge is 0.416 e. The van der Waals surface area contributed by atoms with E-state index in [2.05, 4.69) is 4.98 Å². The van der Waals surface area contributed by atoms with Crippen LogP contribution in [0.4, 0.5) is 13.2 Å². The van der Waals surface area contributed by atoms with Gasteiger partial charge in [0.2, 0.25) is 0 Å². The van der Waals surface area contributed by atoms with Crippen molar-refractivity contribution in [3.8, 4) is 0 Å². The molecule has 2 unspecified atom stereocenters. The maximum Gasteiger partial charge on any atom is 0.416 e. The number of aliphatic carboxylic acids is 2. The maximum absolute atomic E-state index is 12.7. The summed E-state index contributed by atoms with van der Waals surface area (Å²) in [5.74, 6) is -3.12. The number of oxazole rings is 1. The number of thioether (sulfide) groups is 1. The van der Waals surface area contributed by atoms with Crippen molar-refractivity contribution in [2.75, 3.05) is 5.75 Å². The van der Waals surface area contributed by atoms with E-state index >= 15 is 0 Å². The van der Waals surface area contributed by atoms with Crippen LogP contribution in [0.3, 0.4) is 0 Å². The molecule has 1 heterocycles. The van der Waals surface area contributed by atoms with Crippen molar-refractivity contribution < 1.29 is 37.4 Å². The van der Waals surface area contributed by atoms with Gasteiger partial charge in [-0.2, -0.15) is 13.2 Å². The zero-order valence-electron chi connectivity index (χ0n) is 13.6. The number of aromatic nitrogens is 1. The zero-order valence-corrected chi connectivity index (χ0v) is 14.4. The fraction of sp³-hybridized carbons (Fsp3) is 0.438. The van der Waals surface area contributed by atoms with Crippen molar-refractivity contribution in [1.82, 2.24) is 4.98 Å². The van der Waals surface area contributed by atoms with E-state index < -0.39 is 36.0 Å². The van der Waals surface area contributed by atoms with Gasteiger partial charge in [0, 0.05) is 5.75 Å². The second-order valence-electron chi connectivity index (χ2n) is 5.94. The zero-order chi connectivity index (χ0) is 19.5. The molecule has 0 aliphatic rings. The molecule has 0 radical (unpaired) electrons. The molecule has 2 rings (SSSR count). The fourth-order valence-electron chi connectivity index (χ4n) is 2.39. The second-order valence-corrected chi connectivity index (χ2v) is 6.92. The first kappa shape index (κ1) is 20.1. The van der Waals surface area contributed by atoms with Crippen LogP contribution in [0.1, 0.15) is 25.3 Å². The van der Waals surface area contributed by atoms with Gasteiger partial charge in [-0.1, -0.05) is 18.7 Å². The number of fused-ring (bicyclic) bond motifs is 1. The van der Waals surface area contributed by atoms with Gasteiger partial charge in [-0.25, -0.2) is 4.98 Å². The Hall–Kier alpha value is -2.23. The molecule has 0 bridgehead atoms. The standard InChI is InChI=1S/C16H16F3NO5S/c1-8(4-9(14(23)24)5-13(21)22)7-26-15-20-11-3-2-10(16(17,18)19)6-12(11)25-15/h2-3,6,8-9H,4-5,7H2,1H3,(H,21,22)(H,23,24). The maximum atomic E-state index is 12.7. The third-order valence-electron chi connectivity index (χ3n) is 3.64. The highest BCUT2D eigenvalue weighted by Crippen LogP contribution is 2.33. The van der Waals surface area contributed by atoms with Crippen molar-refractivity contribution in [2.24, 2.45) is 11.8 Å². The molecule has 2 atom stereocenters. The van der Waals surface area contributed by atoms with E-state index in [4.69, 9.17) is 14.6 Å². The summed E-state index contributed by atoms with van der Waals surface area (Å²) in [5.41, 5.74) is -0.518. The monoisotopic (exact) mass is 391 g/mol. The minimum atomic E-state index is -4.47. The van der Waals surface area contributed by atoms with Gasteiger partial charge in [0.15, 0.2) is 5.58 Å². The summed E-state index contributed by atoms with van der Waals surface area (Å²) < 4.78 is 43.4. The van der Waals surface area contributed by atoms with Crippen molar-refractivity contribution in [3.05, 3.63) is 23.8 Å². The molecule has 0 saturated heterocycles. The molecule has 2 N–H and O–H groups in total. The predicted molar refractivity (Wildman–Crippen MR) is 86.9 cm³/mol. The molecule has 142 valence electrons. The van der Waals surface area contributed by atoms with E-state index in [1.165, 1.54) is 6.07 Å². The molecule has 1 aromatic heterocycles. The molecule has 6 nitrogen and oxygen atoms in total. The Bertz CT molecular complexity index is 805. The van der Waals surface area contributed by atoms with Crippen LogP contribution < -0.4 is 0 Å². The summed E-state index contributed by atoms with van der Waals surface area (Å²) in [5, 5.41) is 18.0. The van der Waals surface area contributed by atoms with E-state index in [1.54, 1.807) is 6.92 Å². The largest absolute Gasteiger partial charge is 0.481 e. The van der Waals surface area contributed by atoms with Crippen molar-refractivity contribution in [2.45, 2.75) is 31.2 Å². The first-order chi connectivity index (χ1) is 12.1. The average Bonchev–Trinajstić information content (AvgIpc) is 2.92. The van der Waals surface area contributed by atoms with Gasteiger partial charge in [0.05, 0.1) is 17.9 Å². The minimum Gasteiger partial charge on any atom is -0.481 e. The molecular weight excluding hydrogens is 375 g/mol. The normalized spacial score (nSPS) is 14.3. The fourth-order valence-corrected chi connectivity index (χ4v) is 3.27. The number of rotatable bonds is 8. The number of nitrogens with zero attached hydrogens (tertiary/aromatic N) is 1. The first-order valence-electron chi connectivity index (χ1n) is 7.61. The van der Waals surface area contributed by atoms with Crippen LogP contribution >= 0.6 is 11.8 Å². The summed E-state index contributed by atoms with van der Waals surface area (Å²) in [4.78, 5) is 25.9. The molecule has 10 heteroatoms. The molecule has 0 fully saturated rings. The van der Waals surface area contributed by atoms with Gasteiger partial charge in [-0.05, 0) is 30.5 Å². The lowest BCUT2D eigenvalue weighted by Crippen LogP contribution is -2.21. The van der Waals surface area contributed by atoms with E-state index in [0.29, 0.717) is 11.3 Å². The van der Waals surface area contributed by atoms with Crippen molar-refractivity contribution in [3.63, 3.8) is 0 Å². The highest BCUT2D eigenvalue weighted by Gasteiger charge is 2.31. The van der Waals surface area contributed by atoms with Crippen molar-refractivity contribution >= 4 is 34.8 Å². The van der Waals surface area contributed by atoms with E-state index in [-0.39, 0.29) is 23.1 Å². The quantitative estimate of drug-likeness (QED) is 0.652. The molecule has 0 amide bonds. The topological polar surface area (TPSA) is 101 Å². The molecule has 0 saturated carbocycles. The van der Waals surface area contributed by atoms with Gasteiger partial charge >= 0.3 is 18.1 Å². The Labute approximate surface area is 150 Å². The number of benzene rings is 1. The number of halogens is 3. The third kappa shape index (κ3) is 5.38. The van der Waals surface area contributed by atoms with Gasteiger partial charge in [0.1, 0.15) is 5.52 Å². The van der Waals surface area contributed by atoms with E-state index in [0.717, 1.165) is 23.9 Å². The Kier molecular flexibility index (Phi) is 6.17. The second kappa shape index (κ2) is 7.98. The van der Waals surface area contributed by atoms with Gasteiger partial charge in [-0.3, -0.25) is 9.59 Å². The number of alkyl halides is 3. The first-order valence-corrected chi connectivity index (χ1v) is 8.60. The number of carboxylic acids is 2. The molecule has 0 spiro atoms. The summed E-state index contributed by atoms with van der Waals surface area (Å²) in [7, 11) is 0. The lowest BCUT2D eigenvalue weighted by atomic mass is 9.94. The SMILES string of the molecule is CC(CSc1nc2ccc(C(F)(F)F)cc2o1)CC(CC(=O)O)C(=O)O. The van der Waals surface area contributed by atoms with Gasteiger partial charge in [-0.15, -0.1) is 0 Å². The van der Waals surface area contributed by atoms with Crippen LogP contribution in [0.15, 0.2) is 27.8 Å². The molecule has 0 aliphatic carbocycles. The summed E-state index contributed by atoms with van der Waals surface area (Å²) >= 11 is 1.14. The van der Waals surface area contributed by atoms with Crippen LogP contribution in [0.2, 0.25) is 0 Å². The Morgan fingerprint density at radius 1 is 1.31 bits per heavy atom. The Morgan fingerprint density at radius 2 is 2.00 bits per heavy atom. The third-order valence-corrected chi connectivity index (χ3v) is 4.80. The molecule has 2 aromatic rings. The molecule has 1 aromatic carbocycles. The van der Waals surface area contributed by atoms with E-state index in [1.807, 2.05) is 0 Å². The van der Waals surface area contributed by atoms with Gasteiger partial charge in [0.25, 0.3) is 5.22 Å². The van der Waals surface area contributed by atoms with Crippen molar-refractivity contribution in [1.29, 1.82) is 0 Å². The lowest BCUT2D eigenvalue weighted by molar-refractivity contribution is -0.148. The number of hydrogen-bond donors (Lipinski definition) is 2. The van der Waals surface area contributed by atoms with Crippen LogP contribution in [0, 0.1) is 11.8 Å². The van der Waals surface area contributed by atoms with Crippen LogP contribution in [-0.2, 0) is 15.8 Å². The molecule has 0 aliphatic heterocycles. The molecule has 26 heavy (non-hydrogen) atoms. The van der Waals surface area contributed by atoms with Crippen LogP contribution in [0.5, 0.6) is 0 Å². The summed E-state index contributed by atoms with van der Waals surface area (Å²) in [6, 6.07) is 3.02. The number of carboxylic acid groups (broad SMARTS) is 2. The van der Waals surface area contributed by atoms with Crippen LogP contribution in [-0.4, -0.2) is 32.9 Å². The van der Waals surface area contributed by atoms with Crippen LogP contribution in [0.25, 0.3) is 11.1 Å². The minimum absolute atomic E-state index is 0.0178. The Morgan fingerprint density at radius 3 is 2.58 bits per heavy atom. The number of hydrogen-bond acceptors (Lipinski definition) is 5. The van der Waals surface area contributed by atoms with Gasteiger partial charge < -0.3 is 14.6 Å². The number of carbonyl (C=O) groups is 2. The predicted octanol–water partition coefficient (Wildman–Crippen LogP) is 4.14.